The maximum absolute atomic E-state index is 12.0. The van der Waals surface area contributed by atoms with E-state index in [1.807, 2.05) is 0 Å². The Hall–Kier alpha value is -1.26. The average Bonchev–Trinajstić information content (AvgIpc) is 2.04. The Morgan fingerprint density at radius 3 is 2.23 bits per heavy atom. The van der Waals surface area contributed by atoms with Gasteiger partial charge in [0.2, 0.25) is 0 Å². The third kappa shape index (κ3) is 2.93. The third-order valence-electron chi connectivity index (χ3n) is 1.28. The van der Waals surface area contributed by atoms with Crippen LogP contribution in [-0.2, 0) is 0 Å². The lowest BCUT2D eigenvalue weighted by atomic mass is 10.2. The molecule has 0 atom stereocenters. The van der Waals surface area contributed by atoms with Gasteiger partial charge in [-0.1, -0.05) is 0 Å². The van der Waals surface area contributed by atoms with E-state index >= 15 is 0 Å². The Bertz CT molecular complexity index is 257. The van der Waals surface area contributed by atoms with E-state index in [9.17, 15) is 17.6 Å². The molecule has 1 radical (unpaired) electrons. The summed E-state index contributed by atoms with van der Waals surface area (Å²) >= 11 is 0. The van der Waals surface area contributed by atoms with Gasteiger partial charge in [-0.3, -0.25) is 0 Å². The van der Waals surface area contributed by atoms with E-state index in [1.54, 1.807) is 0 Å². The number of benzene rings is 1. The van der Waals surface area contributed by atoms with Crippen LogP contribution in [-0.4, -0.2) is 6.61 Å². The highest BCUT2D eigenvalue weighted by Gasteiger charge is 2.08. The van der Waals surface area contributed by atoms with Crippen molar-refractivity contribution in [3.05, 3.63) is 29.8 Å². The molecule has 71 valence electrons. The van der Waals surface area contributed by atoms with Gasteiger partial charge < -0.3 is 4.74 Å². The number of alkyl halides is 4. The molecule has 13 heavy (non-hydrogen) atoms. The SMILES string of the molecule is FC(F)Oc1[c]cc(C(F)F)cc1. The van der Waals surface area contributed by atoms with Crippen molar-refractivity contribution in [2.75, 3.05) is 0 Å². The van der Waals surface area contributed by atoms with Crippen LogP contribution in [0, 0.1) is 6.07 Å². The van der Waals surface area contributed by atoms with Crippen LogP contribution in [0.5, 0.6) is 5.75 Å². The molecule has 1 rings (SSSR count). The van der Waals surface area contributed by atoms with Gasteiger partial charge in [-0.15, -0.1) is 0 Å². The van der Waals surface area contributed by atoms with Gasteiger partial charge in [0.05, 0.1) is 0 Å². The van der Waals surface area contributed by atoms with Crippen LogP contribution >= 0.6 is 0 Å². The molecule has 0 aliphatic heterocycles. The molecule has 0 spiro atoms. The van der Waals surface area contributed by atoms with Crippen molar-refractivity contribution in [1.29, 1.82) is 0 Å². The Balaban J connectivity index is 2.70. The van der Waals surface area contributed by atoms with Gasteiger partial charge in [-0.2, -0.15) is 8.78 Å². The zero-order chi connectivity index (χ0) is 9.84. The standard InChI is InChI=1S/C8H5F4O/c9-7(10)5-1-3-6(4-2-5)13-8(11)12/h1-3,7-8H. The van der Waals surface area contributed by atoms with Crippen LogP contribution < -0.4 is 4.74 Å². The highest BCUT2D eigenvalue weighted by molar-refractivity contribution is 5.26. The molecule has 0 saturated heterocycles. The molecule has 0 aliphatic carbocycles. The lowest BCUT2D eigenvalue weighted by molar-refractivity contribution is -0.0500. The minimum absolute atomic E-state index is 0.251. The summed E-state index contributed by atoms with van der Waals surface area (Å²) in [6.45, 7) is -2.96. The predicted octanol–water partition coefficient (Wildman–Crippen LogP) is 3.03. The summed E-state index contributed by atoms with van der Waals surface area (Å²) in [5.74, 6) is -0.251. The molecular weight excluding hydrogens is 188 g/mol. The molecule has 0 bridgehead atoms. The molecule has 1 nitrogen and oxygen atoms in total. The molecule has 0 aromatic heterocycles. The van der Waals surface area contributed by atoms with E-state index in [2.05, 4.69) is 10.8 Å². The van der Waals surface area contributed by atoms with Gasteiger partial charge in [0.25, 0.3) is 6.43 Å². The Morgan fingerprint density at radius 1 is 1.15 bits per heavy atom. The van der Waals surface area contributed by atoms with Crippen molar-refractivity contribution in [3.63, 3.8) is 0 Å². The number of halogens is 4. The summed E-state index contributed by atoms with van der Waals surface area (Å²) in [6.07, 6.45) is -2.63. The number of hydrogen-bond donors (Lipinski definition) is 0. The van der Waals surface area contributed by atoms with Crippen molar-refractivity contribution in [3.8, 4) is 5.75 Å². The molecular formula is C8H5F4O. The van der Waals surface area contributed by atoms with Gasteiger partial charge >= 0.3 is 6.61 Å². The number of hydrogen-bond acceptors (Lipinski definition) is 1. The maximum Gasteiger partial charge on any atom is 0.387 e. The van der Waals surface area contributed by atoms with E-state index < -0.39 is 13.0 Å². The topological polar surface area (TPSA) is 9.23 Å². The third-order valence-corrected chi connectivity index (χ3v) is 1.28. The van der Waals surface area contributed by atoms with E-state index in [0.717, 1.165) is 18.2 Å². The fourth-order valence-electron chi connectivity index (χ4n) is 0.728. The second kappa shape index (κ2) is 4.11. The normalized spacial score (nSPS) is 10.9. The minimum Gasteiger partial charge on any atom is -0.434 e. The summed E-state index contributed by atoms with van der Waals surface area (Å²) < 4.78 is 51.0. The van der Waals surface area contributed by atoms with Crippen molar-refractivity contribution in [2.24, 2.45) is 0 Å². The molecule has 1 aromatic carbocycles. The molecule has 0 unspecified atom stereocenters. The van der Waals surface area contributed by atoms with Gasteiger partial charge in [0.1, 0.15) is 5.75 Å². The Kier molecular flexibility index (Phi) is 3.11. The molecule has 0 N–H and O–H groups in total. The van der Waals surface area contributed by atoms with E-state index in [0.29, 0.717) is 0 Å². The van der Waals surface area contributed by atoms with Crippen LogP contribution in [0.3, 0.4) is 0 Å². The monoisotopic (exact) mass is 193 g/mol. The molecule has 0 saturated carbocycles. The predicted molar refractivity (Wildman–Crippen MR) is 36.9 cm³/mol. The minimum atomic E-state index is -2.96. The molecule has 0 heterocycles. The fourth-order valence-corrected chi connectivity index (χ4v) is 0.728. The highest BCUT2D eigenvalue weighted by atomic mass is 19.3. The second-order valence-electron chi connectivity index (χ2n) is 2.17. The largest absolute Gasteiger partial charge is 0.434 e. The fraction of sp³-hybridized carbons (Fsp3) is 0.250. The molecule has 0 aliphatic rings. The van der Waals surface area contributed by atoms with Crippen molar-refractivity contribution >= 4 is 0 Å². The van der Waals surface area contributed by atoms with E-state index in [4.69, 9.17) is 0 Å². The molecule has 5 heteroatoms. The van der Waals surface area contributed by atoms with Gasteiger partial charge in [-0.05, 0) is 18.2 Å². The molecule has 0 fully saturated rings. The van der Waals surface area contributed by atoms with Crippen LogP contribution in [0.1, 0.15) is 12.0 Å². The van der Waals surface area contributed by atoms with Gasteiger partial charge in [-0.25, -0.2) is 8.78 Å². The lowest BCUT2D eigenvalue weighted by Crippen LogP contribution is -2.01. The van der Waals surface area contributed by atoms with Crippen LogP contribution in [0.15, 0.2) is 18.2 Å². The zero-order valence-corrected chi connectivity index (χ0v) is 6.31. The summed E-state index contributed by atoms with van der Waals surface area (Å²) in [5, 5.41) is 0. The summed E-state index contributed by atoms with van der Waals surface area (Å²) in [6, 6.07) is 5.12. The maximum atomic E-state index is 12.0. The zero-order valence-electron chi connectivity index (χ0n) is 6.31. The van der Waals surface area contributed by atoms with Crippen LogP contribution in [0.25, 0.3) is 0 Å². The first-order chi connectivity index (χ1) is 6.09. The summed E-state index contributed by atoms with van der Waals surface area (Å²) in [7, 11) is 0. The first-order valence-corrected chi connectivity index (χ1v) is 3.34. The van der Waals surface area contributed by atoms with Crippen LogP contribution in [0.4, 0.5) is 17.6 Å². The van der Waals surface area contributed by atoms with Crippen molar-refractivity contribution < 1.29 is 22.3 Å². The summed E-state index contributed by atoms with van der Waals surface area (Å²) in [4.78, 5) is 0. The van der Waals surface area contributed by atoms with E-state index in [1.165, 1.54) is 0 Å². The van der Waals surface area contributed by atoms with Crippen LogP contribution in [0.2, 0.25) is 0 Å². The second-order valence-corrected chi connectivity index (χ2v) is 2.17. The van der Waals surface area contributed by atoms with Crippen molar-refractivity contribution in [1.82, 2.24) is 0 Å². The quantitative estimate of drug-likeness (QED) is 0.670. The molecule has 1 aromatic rings. The van der Waals surface area contributed by atoms with Gasteiger partial charge in [0, 0.05) is 11.6 Å². The van der Waals surface area contributed by atoms with E-state index in [-0.39, 0.29) is 11.3 Å². The molecule has 0 amide bonds. The Labute approximate surface area is 71.9 Å². The van der Waals surface area contributed by atoms with Crippen molar-refractivity contribution in [2.45, 2.75) is 13.0 Å². The number of ether oxygens (including phenoxy) is 1. The first-order valence-electron chi connectivity index (χ1n) is 3.34. The van der Waals surface area contributed by atoms with Gasteiger partial charge in [0.15, 0.2) is 0 Å². The Morgan fingerprint density at radius 2 is 1.85 bits per heavy atom. The average molecular weight is 193 g/mol. The lowest BCUT2D eigenvalue weighted by Gasteiger charge is -2.04. The number of rotatable bonds is 3. The first kappa shape index (κ1) is 9.83. The summed E-state index contributed by atoms with van der Waals surface area (Å²) in [5.41, 5.74) is -0.276. The smallest absolute Gasteiger partial charge is 0.387 e. The highest BCUT2D eigenvalue weighted by Crippen LogP contribution is 2.21.